The lowest BCUT2D eigenvalue weighted by molar-refractivity contribution is -0.00276. The highest BCUT2D eigenvalue weighted by Gasteiger charge is 2.28. The van der Waals surface area contributed by atoms with Crippen LogP contribution in [0.2, 0.25) is 0 Å². The van der Waals surface area contributed by atoms with Crippen molar-refractivity contribution in [3.05, 3.63) is 24.0 Å². The molecule has 0 aromatic carbocycles. The number of pyridine rings is 1. The molecule has 1 fully saturated rings. The molecule has 98 valence electrons. The van der Waals surface area contributed by atoms with Gasteiger partial charge in [-0.2, -0.15) is 0 Å². The van der Waals surface area contributed by atoms with E-state index in [4.69, 9.17) is 4.74 Å². The Balaban J connectivity index is 2.24. The molecule has 1 aromatic heterocycles. The molecule has 5 heteroatoms. The van der Waals surface area contributed by atoms with Crippen LogP contribution in [-0.2, 0) is 4.74 Å². The van der Waals surface area contributed by atoms with Crippen LogP contribution in [0.4, 0.5) is 5.69 Å². The second-order valence-corrected chi connectivity index (χ2v) is 4.31. The predicted molar refractivity (Wildman–Crippen MR) is 69.7 cm³/mol. The van der Waals surface area contributed by atoms with Crippen LogP contribution in [0.5, 0.6) is 0 Å². The second-order valence-electron chi connectivity index (χ2n) is 4.31. The number of aromatic nitrogens is 1. The van der Waals surface area contributed by atoms with Gasteiger partial charge in [-0.15, -0.1) is 0 Å². The lowest BCUT2D eigenvalue weighted by Gasteiger charge is -2.35. The maximum Gasteiger partial charge on any atom is 0.257 e. The van der Waals surface area contributed by atoms with Crippen LogP contribution >= 0.6 is 0 Å². The Labute approximate surface area is 107 Å². The largest absolute Gasteiger partial charge is 0.387 e. The number of morpholine rings is 1. The fourth-order valence-electron chi connectivity index (χ4n) is 2.20. The molecule has 1 unspecified atom stereocenters. The molecule has 5 nitrogen and oxygen atoms in total. The molecule has 2 rings (SSSR count). The summed E-state index contributed by atoms with van der Waals surface area (Å²) in [7, 11) is 1.81. The fraction of sp³-hybridized carbons (Fsp3) is 0.538. The average molecular weight is 249 g/mol. The number of nitrogens with zero attached hydrogens (tertiary/aromatic N) is 2. The summed E-state index contributed by atoms with van der Waals surface area (Å²) in [6.45, 7) is 3.95. The van der Waals surface area contributed by atoms with Gasteiger partial charge in [0, 0.05) is 31.7 Å². The van der Waals surface area contributed by atoms with Crippen molar-refractivity contribution < 1.29 is 9.53 Å². The van der Waals surface area contributed by atoms with E-state index in [0.717, 1.165) is 12.1 Å². The minimum absolute atomic E-state index is 0.0302. The monoisotopic (exact) mass is 249 g/mol. The molecule has 1 atom stereocenters. The fourth-order valence-corrected chi connectivity index (χ4v) is 2.20. The van der Waals surface area contributed by atoms with Crippen LogP contribution in [0, 0.1) is 0 Å². The number of carbonyl (C=O) groups is 1. The van der Waals surface area contributed by atoms with Gasteiger partial charge in [-0.3, -0.25) is 9.78 Å². The van der Waals surface area contributed by atoms with Gasteiger partial charge in [-0.25, -0.2) is 0 Å². The Morgan fingerprint density at radius 2 is 2.50 bits per heavy atom. The van der Waals surface area contributed by atoms with Crippen molar-refractivity contribution >= 4 is 11.6 Å². The molecule has 0 saturated carbocycles. The molecule has 0 spiro atoms. The third kappa shape index (κ3) is 2.46. The Hall–Kier alpha value is -1.62. The van der Waals surface area contributed by atoms with E-state index >= 15 is 0 Å². The van der Waals surface area contributed by atoms with E-state index in [9.17, 15) is 4.79 Å². The van der Waals surface area contributed by atoms with Gasteiger partial charge in [0.1, 0.15) is 0 Å². The maximum absolute atomic E-state index is 12.5. The average Bonchev–Trinajstić information content (AvgIpc) is 2.46. The van der Waals surface area contributed by atoms with Crippen molar-refractivity contribution in [3.63, 3.8) is 0 Å². The van der Waals surface area contributed by atoms with E-state index in [1.54, 1.807) is 12.4 Å². The van der Waals surface area contributed by atoms with Crippen LogP contribution in [-0.4, -0.2) is 48.6 Å². The zero-order valence-electron chi connectivity index (χ0n) is 10.8. The summed E-state index contributed by atoms with van der Waals surface area (Å²) < 4.78 is 5.42. The highest BCUT2D eigenvalue weighted by Crippen LogP contribution is 2.19. The highest BCUT2D eigenvalue weighted by molar-refractivity contribution is 5.99. The lowest BCUT2D eigenvalue weighted by atomic mass is 10.1. The minimum atomic E-state index is 0.0302. The number of rotatable bonds is 3. The van der Waals surface area contributed by atoms with E-state index in [2.05, 4.69) is 17.2 Å². The van der Waals surface area contributed by atoms with E-state index in [0.29, 0.717) is 25.3 Å². The summed E-state index contributed by atoms with van der Waals surface area (Å²) in [6, 6.07) is 1.98. The smallest absolute Gasteiger partial charge is 0.257 e. The number of hydrogen-bond donors (Lipinski definition) is 1. The molecule has 1 aromatic rings. The van der Waals surface area contributed by atoms with Gasteiger partial charge in [-0.05, 0) is 12.5 Å². The molecule has 1 N–H and O–H groups in total. The molecule has 1 saturated heterocycles. The van der Waals surface area contributed by atoms with Crippen molar-refractivity contribution in [1.82, 2.24) is 9.88 Å². The summed E-state index contributed by atoms with van der Waals surface area (Å²) in [6.07, 6.45) is 4.20. The van der Waals surface area contributed by atoms with Crippen molar-refractivity contribution in [2.45, 2.75) is 19.4 Å². The topological polar surface area (TPSA) is 54.5 Å². The second kappa shape index (κ2) is 5.82. The maximum atomic E-state index is 12.5. The predicted octanol–water partition coefficient (Wildman–Crippen LogP) is 1.37. The molecule has 0 bridgehead atoms. The Morgan fingerprint density at radius 3 is 3.22 bits per heavy atom. The molecule has 0 aliphatic carbocycles. The zero-order valence-corrected chi connectivity index (χ0v) is 10.8. The van der Waals surface area contributed by atoms with Gasteiger partial charge in [0.25, 0.3) is 5.91 Å². The number of amides is 1. The number of ether oxygens (including phenoxy) is 1. The first-order valence-electron chi connectivity index (χ1n) is 6.28. The van der Waals surface area contributed by atoms with Crippen LogP contribution in [0.3, 0.4) is 0 Å². The van der Waals surface area contributed by atoms with Gasteiger partial charge in [0.05, 0.1) is 24.8 Å². The molecule has 0 radical (unpaired) electrons. The zero-order chi connectivity index (χ0) is 13.0. The number of nitrogens with one attached hydrogen (secondary N) is 1. The van der Waals surface area contributed by atoms with Gasteiger partial charge in [0.2, 0.25) is 0 Å². The molecule has 1 amide bonds. The summed E-state index contributed by atoms with van der Waals surface area (Å²) in [5, 5.41) is 3.03. The quantitative estimate of drug-likeness (QED) is 0.879. The van der Waals surface area contributed by atoms with Crippen molar-refractivity contribution in [3.8, 4) is 0 Å². The first-order valence-corrected chi connectivity index (χ1v) is 6.28. The molecule has 2 heterocycles. The van der Waals surface area contributed by atoms with E-state index < -0.39 is 0 Å². The summed E-state index contributed by atoms with van der Waals surface area (Å²) in [5.74, 6) is 0.0302. The minimum Gasteiger partial charge on any atom is -0.387 e. The Kier molecular flexibility index (Phi) is 4.15. The number of carbonyl (C=O) groups excluding carboxylic acids is 1. The Bertz CT molecular complexity index is 422. The van der Waals surface area contributed by atoms with Gasteiger partial charge < -0.3 is 15.0 Å². The number of hydrogen-bond acceptors (Lipinski definition) is 4. The van der Waals surface area contributed by atoms with E-state index in [1.807, 2.05) is 18.0 Å². The Morgan fingerprint density at radius 1 is 1.67 bits per heavy atom. The van der Waals surface area contributed by atoms with E-state index in [-0.39, 0.29) is 11.9 Å². The first-order chi connectivity index (χ1) is 8.77. The summed E-state index contributed by atoms with van der Waals surface area (Å²) >= 11 is 0. The summed E-state index contributed by atoms with van der Waals surface area (Å²) in [5.41, 5.74) is 1.44. The van der Waals surface area contributed by atoms with Crippen LogP contribution in [0.25, 0.3) is 0 Å². The van der Waals surface area contributed by atoms with Crippen molar-refractivity contribution in [1.29, 1.82) is 0 Å². The molecule has 1 aliphatic heterocycles. The van der Waals surface area contributed by atoms with Gasteiger partial charge in [-0.1, -0.05) is 6.92 Å². The summed E-state index contributed by atoms with van der Waals surface area (Å²) in [4.78, 5) is 18.5. The first kappa shape index (κ1) is 12.8. The van der Waals surface area contributed by atoms with Crippen LogP contribution < -0.4 is 5.32 Å². The molecule has 18 heavy (non-hydrogen) atoms. The standard InChI is InChI=1S/C13H19N3O2/c1-3-10-9-18-7-6-16(10)13(17)11-8-15-5-4-12(11)14-2/h4-5,8,10H,3,6-7,9H2,1-2H3,(H,14,15). The molecular weight excluding hydrogens is 230 g/mol. The van der Waals surface area contributed by atoms with Crippen molar-refractivity contribution in [2.75, 3.05) is 32.1 Å². The van der Waals surface area contributed by atoms with Crippen LogP contribution in [0.1, 0.15) is 23.7 Å². The molecular formula is C13H19N3O2. The van der Waals surface area contributed by atoms with Crippen LogP contribution in [0.15, 0.2) is 18.5 Å². The van der Waals surface area contributed by atoms with E-state index in [1.165, 1.54) is 0 Å². The van der Waals surface area contributed by atoms with Gasteiger partial charge >= 0.3 is 0 Å². The number of anilines is 1. The SMILES string of the molecule is CCC1COCCN1C(=O)c1cnccc1NC. The van der Waals surface area contributed by atoms with Gasteiger partial charge in [0.15, 0.2) is 0 Å². The highest BCUT2D eigenvalue weighted by atomic mass is 16.5. The van der Waals surface area contributed by atoms with Crippen molar-refractivity contribution in [2.24, 2.45) is 0 Å². The third-order valence-corrected chi connectivity index (χ3v) is 3.28. The third-order valence-electron chi connectivity index (χ3n) is 3.28. The normalized spacial score (nSPS) is 19.7. The lowest BCUT2D eigenvalue weighted by Crippen LogP contribution is -2.48. The molecule has 1 aliphatic rings.